The van der Waals surface area contributed by atoms with Crippen molar-refractivity contribution in [3.05, 3.63) is 10.5 Å². The van der Waals surface area contributed by atoms with Gasteiger partial charge in [0, 0.05) is 0 Å². The first-order valence-electron chi connectivity index (χ1n) is 1.49. The average Bonchev–Trinajstić information content (AvgIpc) is 1.38. The Hall–Kier alpha value is 0.259. The maximum absolute atomic E-state index is 3.52. The Morgan fingerprint density at radius 3 is 1.80 bits per heavy atom. The summed E-state index contributed by atoms with van der Waals surface area (Å²) in [5, 5.41) is 0. The van der Waals surface area contributed by atoms with Gasteiger partial charge in [-0.2, -0.15) is 0 Å². The molecule has 0 unspecified atom stereocenters. The second-order valence-electron chi connectivity index (χ2n) is 1.18. The van der Waals surface area contributed by atoms with Gasteiger partial charge < -0.3 is 0 Å². The molecule has 0 bridgehead atoms. The van der Waals surface area contributed by atoms with Crippen molar-refractivity contribution in [2.24, 2.45) is 0 Å². The molecule has 0 aromatic heterocycles. The molecule has 0 aromatic rings. The van der Waals surface area contributed by atoms with Crippen LogP contribution in [-0.4, -0.2) is 0 Å². The predicted molar refractivity (Wildman–Crippen MR) is 19.4 cm³/mol. The van der Waals surface area contributed by atoms with E-state index in [0.717, 1.165) is 0 Å². The summed E-state index contributed by atoms with van der Waals surface area (Å²) < 4.78 is 0. The van der Waals surface area contributed by atoms with E-state index in [4.69, 9.17) is 0 Å². The van der Waals surface area contributed by atoms with Gasteiger partial charge in [0.15, 0.2) is 0 Å². The van der Waals surface area contributed by atoms with Crippen LogP contribution in [0, 0.1) is 0 Å². The predicted octanol–water partition coefficient (Wildman–Crippen LogP) is 1.46. The van der Waals surface area contributed by atoms with Crippen molar-refractivity contribution in [3.8, 4) is 0 Å². The van der Waals surface area contributed by atoms with Crippen molar-refractivity contribution in [2.45, 2.75) is 13.8 Å². The first kappa shape index (κ1) is 5.26. The van der Waals surface area contributed by atoms with Crippen LogP contribution in [0.5, 0.6) is 0 Å². The van der Waals surface area contributed by atoms with Crippen LogP contribution in [-0.2, 0) is 16.0 Å². The van der Waals surface area contributed by atoms with Crippen molar-refractivity contribution in [3.63, 3.8) is 0 Å². The van der Waals surface area contributed by atoms with E-state index in [2.05, 4.69) is 16.0 Å². The van der Waals surface area contributed by atoms with Gasteiger partial charge in [0.05, 0.1) is 0 Å². The van der Waals surface area contributed by atoms with Gasteiger partial charge in [0.1, 0.15) is 0 Å². The summed E-state index contributed by atoms with van der Waals surface area (Å²) in [6.45, 7) is 4.04. The van der Waals surface area contributed by atoms with Crippen LogP contribution in [0.1, 0.15) is 13.8 Å². The first-order valence-corrected chi connectivity index (χ1v) is 2.13. The molecular formula is C4H7Fe. The normalized spacial score (nSPS) is 7.00. The fourth-order valence-corrected chi connectivity index (χ4v) is 0. The summed E-state index contributed by atoms with van der Waals surface area (Å²) >= 11 is 3.52. The minimum absolute atomic E-state index is 1.27. The molecule has 0 aliphatic heterocycles. The molecule has 0 saturated heterocycles. The van der Waals surface area contributed by atoms with E-state index in [1.165, 1.54) is 5.57 Å². The topological polar surface area (TPSA) is 0 Å². The van der Waals surface area contributed by atoms with E-state index in [0.29, 0.717) is 0 Å². The van der Waals surface area contributed by atoms with Crippen LogP contribution >= 0.6 is 0 Å². The Bertz CT molecular complexity index is 41.6. The van der Waals surface area contributed by atoms with Crippen molar-refractivity contribution in [1.29, 1.82) is 0 Å². The standard InChI is InChI=1S/C4H7.Fe/c1-4(2)3;/h1H,2-3H3;. The maximum atomic E-state index is 3.52. The SMILES string of the molecule is CC(C)=[CH][Fe]. The van der Waals surface area contributed by atoms with Crippen LogP contribution < -0.4 is 0 Å². The molecule has 0 heterocycles. The van der Waals surface area contributed by atoms with Crippen molar-refractivity contribution >= 4 is 0 Å². The zero-order chi connectivity index (χ0) is 4.28. The molecule has 0 aromatic carbocycles. The Kier molecular flexibility index (Phi) is 2.62. The zero-order valence-corrected chi connectivity index (χ0v) is 4.54. The number of hydrogen-bond acceptors (Lipinski definition) is 0. The van der Waals surface area contributed by atoms with Gasteiger partial charge in [0.25, 0.3) is 0 Å². The monoisotopic (exact) mass is 111 g/mol. The van der Waals surface area contributed by atoms with Gasteiger partial charge in [-0.1, -0.05) is 0 Å². The van der Waals surface area contributed by atoms with Crippen LogP contribution in [0.25, 0.3) is 0 Å². The molecule has 0 saturated carbocycles. The van der Waals surface area contributed by atoms with E-state index in [9.17, 15) is 0 Å². The molecule has 0 radical (unpaired) electrons. The van der Waals surface area contributed by atoms with Gasteiger partial charge in [-0.15, -0.1) is 0 Å². The second-order valence-corrected chi connectivity index (χ2v) is 1.50. The quantitative estimate of drug-likeness (QED) is 0.415. The van der Waals surface area contributed by atoms with Crippen molar-refractivity contribution < 1.29 is 16.0 Å². The molecule has 0 N–H and O–H groups in total. The second kappa shape index (κ2) is 2.49. The summed E-state index contributed by atoms with van der Waals surface area (Å²) in [5.74, 6) is 0. The van der Waals surface area contributed by atoms with E-state index in [1.807, 2.05) is 18.8 Å². The van der Waals surface area contributed by atoms with Crippen molar-refractivity contribution in [2.75, 3.05) is 0 Å². The Morgan fingerprint density at radius 2 is 1.80 bits per heavy atom. The Labute approximate surface area is 41.1 Å². The summed E-state index contributed by atoms with van der Waals surface area (Å²) in [5.41, 5.74) is 1.27. The average molecular weight is 111 g/mol. The number of hydrogen-bond donors (Lipinski definition) is 0. The van der Waals surface area contributed by atoms with Gasteiger partial charge in [-0.05, 0) is 0 Å². The fourth-order valence-electron chi connectivity index (χ4n) is 0. The van der Waals surface area contributed by atoms with E-state index < -0.39 is 0 Å². The molecule has 5 heavy (non-hydrogen) atoms. The zero-order valence-electron chi connectivity index (χ0n) is 3.43. The van der Waals surface area contributed by atoms with Gasteiger partial charge >= 0.3 is 40.4 Å². The summed E-state index contributed by atoms with van der Waals surface area (Å²) in [6, 6.07) is 0. The molecule has 0 aliphatic carbocycles. The van der Waals surface area contributed by atoms with E-state index in [-0.39, 0.29) is 0 Å². The van der Waals surface area contributed by atoms with Gasteiger partial charge in [0.2, 0.25) is 0 Å². The molecule has 0 atom stereocenters. The van der Waals surface area contributed by atoms with Gasteiger partial charge in [-0.25, -0.2) is 0 Å². The molecule has 31 valence electrons. The number of rotatable bonds is 0. The van der Waals surface area contributed by atoms with E-state index >= 15 is 0 Å². The Balaban J connectivity index is 3.14. The van der Waals surface area contributed by atoms with Crippen LogP contribution in [0.3, 0.4) is 0 Å². The molecule has 0 rings (SSSR count). The Morgan fingerprint density at radius 1 is 1.60 bits per heavy atom. The third kappa shape index (κ3) is 4.26. The summed E-state index contributed by atoms with van der Waals surface area (Å²) in [6.07, 6.45) is 0. The fraction of sp³-hybridized carbons (Fsp3) is 0.500. The molecule has 0 fully saturated rings. The molecular weight excluding hydrogens is 104 g/mol. The van der Waals surface area contributed by atoms with Crippen LogP contribution in [0.2, 0.25) is 0 Å². The third-order valence-corrected chi connectivity index (χ3v) is 0.842. The van der Waals surface area contributed by atoms with E-state index in [1.54, 1.807) is 0 Å². The van der Waals surface area contributed by atoms with Crippen molar-refractivity contribution in [1.82, 2.24) is 0 Å². The molecule has 0 nitrogen and oxygen atoms in total. The summed E-state index contributed by atoms with van der Waals surface area (Å²) in [7, 11) is 0. The summed E-state index contributed by atoms with van der Waals surface area (Å²) in [4.78, 5) is 1.83. The third-order valence-electron chi connectivity index (χ3n) is 0.204. The van der Waals surface area contributed by atoms with Gasteiger partial charge in [-0.3, -0.25) is 0 Å². The first-order chi connectivity index (χ1) is 2.27. The van der Waals surface area contributed by atoms with Crippen LogP contribution in [0.15, 0.2) is 10.5 Å². The molecule has 1 heteroatoms. The molecule has 0 aliphatic rings. The number of allylic oxidation sites excluding steroid dienone is 1. The van der Waals surface area contributed by atoms with Crippen LogP contribution in [0.4, 0.5) is 0 Å². The minimum atomic E-state index is 1.27. The molecule has 0 spiro atoms. The molecule has 0 amide bonds.